The van der Waals surface area contributed by atoms with Gasteiger partial charge in [-0.25, -0.2) is 4.98 Å². The topological polar surface area (TPSA) is 34.2 Å². The molecule has 1 heterocycles. The molecule has 0 bridgehead atoms. The Hall–Kier alpha value is -1.55. The maximum absolute atomic E-state index is 5.35. The lowest BCUT2D eigenvalue weighted by atomic mass is 10.1. The molecular weight excluding hydrogens is 244 g/mol. The summed E-state index contributed by atoms with van der Waals surface area (Å²) in [5.41, 5.74) is 3.42. The number of hydrogen-bond donors (Lipinski definition) is 1. The number of ether oxygens (including phenoxy) is 1. The summed E-state index contributed by atoms with van der Waals surface area (Å²) in [5.74, 6) is 0.948. The normalized spacial score (nSPS) is 10.4. The van der Waals surface area contributed by atoms with Crippen LogP contribution in [0.2, 0.25) is 0 Å². The number of methoxy groups -OCH3 is 1. The minimum atomic E-state index is 0.948. The molecule has 2 aromatic rings. The van der Waals surface area contributed by atoms with E-state index in [0.29, 0.717) is 0 Å². The lowest BCUT2D eigenvalue weighted by molar-refractivity contribution is 0.410. The number of thiazole rings is 1. The Kier molecular flexibility index (Phi) is 3.87. The Morgan fingerprint density at radius 3 is 2.72 bits per heavy atom. The van der Waals surface area contributed by atoms with E-state index in [0.717, 1.165) is 33.4 Å². The highest BCUT2D eigenvalue weighted by Gasteiger charge is 2.10. The Balaban J connectivity index is 2.44. The maximum Gasteiger partial charge on any atom is 0.125 e. The maximum atomic E-state index is 5.35. The monoisotopic (exact) mass is 262 g/mol. The minimum absolute atomic E-state index is 0.948. The van der Waals surface area contributed by atoms with Crippen molar-refractivity contribution < 1.29 is 4.74 Å². The second-order valence-electron chi connectivity index (χ2n) is 4.06. The second-order valence-corrected chi connectivity index (χ2v) is 5.06. The van der Waals surface area contributed by atoms with Gasteiger partial charge < -0.3 is 10.1 Å². The zero-order valence-corrected chi connectivity index (χ0v) is 12.0. The molecule has 18 heavy (non-hydrogen) atoms. The summed E-state index contributed by atoms with van der Waals surface area (Å²) in [7, 11) is 3.64. The number of nitrogens with one attached hydrogen (secondary N) is 1. The molecule has 0 amide bonds. The van der Waals surface area contributed by atoms with Crippen LogP contribution in [0.25, 0.3) is 10.6 Å². The average molecular weight is 262 g/mol. The smallest absolute Gasteiger partial charge is 0.125 e. The highest BCUT2D eigenvalue weighted by atomic mass is 32.1. The Bertz CT molecular complexity index is 549. The Morgan fingerprint density at radius 1 is 1.39 bits per heavy atom. The van der Waals surface area contributed by atoms with Gasteiger partial charge in [-0.3, -0.25) is 0 Å². The first kappa shape index (κ1) is 12.9. The van der Waals surface area contributed by atoms with Crippen molar-refractivity contribution in [3.63, 3.8) is 0 Å². The largest absolute Gasteiger partial charge is 0.496 e. The molecule has 3 nitrogen and oxygen atoms in total. The quantitative estimate of drug-likeness (QED) is 0.911. The van der Waals surface area contributed by atoms with Gasteiger partial charge in [-0.1, -0.05) is 18.3 Å². The van der Waals surface area contributed by atoms with Crippen LogP contribution in [0.5, 0.6) is 5.75 Å². The molecule has 0 aliphatic heterocycles. The molecule has 0 unspecified atom stereocenters. The van der Waals surface area contributed by atoms with Crippen molar-refractivity contribution >= 4 is 16.3 Å². The molecule has 0 saturated heterocycles. The molecule has 2 rings (SSSR count). The van der Waals surface area contributed by atoms with Crippen LogP contribution in [0, 0.1) is 6.92 Å². The van der Waals surface area contributed by atoms with Gasteiger partial charge in [0.05, 0.1) is 12.8 Å². The van der Waals surface area contributed by atoms with Gasteiger partial charge >= 0.3 is 0 Å². The van der Waals surface area contributed by atoms with E-state index in [1.807, 2.05) is 20.0 Å². The van der Waals surface area contributed by atoms with Gasteiger partial charge in [-0.2, -0.15) is 0 Å². The van der Waals surface area contributed by atoms with E-state index in [2.05, 4.69) is 29.4 Å². The Labute approximate surface area is 112 Å². The third kappa shape index (κ3) is 2.34. The third-order valence-corrected chi connectivity index (χ3v) is 4.16. The van der Waals surface area contributed by atoms with Gasteiger partial charge in [0.2, 0.25) is 0 Å². The number of aryl methyl sites for hydroxylation is 2. The fourth-order valence-corrected chi connectivity index (χ4v) is 2.86. The summed E-state index contributed by atoms with van der Waals surface area (Å²) in [4.78, 5) is 4.60. The van der Waals surface area contributed by atoms with E-state index in [1.165, 1.54) is 5.56 Å². The van der Waals surface area contributed by atoms with Crippen molar-refractivity contribution in [1.82, 2.24) is 4.98 Å². The van der Waals surface area contributed by atoms with Crippen molar-refractivity contribution in [3.8, 4) is 16.3 Å². The zero-order valence-electron chi connectivity index (χ0n) is 11.2. The predicted octanol–water partition coefficient (Wildman–Crippen LogP) is 3.73. The van der Waals surface area contributed by atoms with Crippen molar-refractivity contribution in [3.05, 3.63) is 29.5 Å². The van der Waals surface area contributed by atoms with Crippen LogP contribution in [-0.2, 0) is 6.42 Å². The molecule has 0 fully saturated rings. The molecule has 0 aliphatic rings. The highest BCUT2D eigenvalue weighted by Crippen LogP contribution is 2.33. The van der Waals surface area contributed by atoms with Gasteiger partial charge in [0.15, 0.2) is 0 Å². The molecule has 96 valence electrons. The summed E-state index contributed by atoms with van der Waals surface area (Å²) in [6.07, 6.45) is 0.959. The van der Waals surface area contributed by atoms with Crippen molar-refractivity contribution in [2.24, 2.45) is 0 Å². The summed E-state index contributed by atoms with van der Waals surface area (Å²) >= 11 is 1.68. The van der Waals surface area contributed by atoms with Gasteiger partial charge in [0.25, 0.3) is 0 Å². The second kappa shape index (κ2) is 5.40. The number of hydrogen-bond acceptors (Lipinski definition) is 4. The van der Waals surface area contributed by atoms with E-state index >= 15 is 0 Å². The van der Waals surface area contributed by atoms with E-state index in [9.17, 15) is 0 Å². The first-order valence-corrected chi connectivity index (χ1v) is 6.83. The van der Waals surface area contributed by atoms with Gasteiger partial charge in [0.1, 0.15) is 15.8 Å². The molecule has 0 spiro atoms. The van der Waals surface area contributed by atoms with Gasteiger partial charge in [-0.15, -0.1) is 0 Å². The first-order chi connectivity index (χ1) is 8.69. The molecule has 0 radical (unpaired) electrons. The molecular formula is C14H18N2OS. The van der Waals surface area contributed by atoms with E-state index in [4.69, 9.17) is 4.74 Å². The molecule has 0 aliphatic carbocycles. The zero-order chi connectivity index (χ0) is 13.1. The van der Waals surface area contributed by atoms with Crippen LogP contribution in [0.1, 0.15) is 18.2 Å². The minimum Gasteiger partial charge on any atom is -0.496 e. The van der Waals surface area contributed by atoms with E-state index in [-0.39, 0.29) is 0 Å². The molecule has 1 aromatic carbocycles. The van der Waals surface area contributed by atoms with Crippen molar-refractivity contribution in [1.29, 1.82) is 0 Å². The molecule has 4 heteroatoms. The van der Waals surface area contributed by atoms with Crippen LogP contribution in [0.4, 0.5) is 5.00 Å². The summed E-state index contributed by atoms with van der Waals surface area (Å²) in [5, 5.41) is 5.34. The summed E-state index contributed by atoms with van der Waals surface area (Å²) in [6, 6.07) is 6.25. The van der Waals surface area contributed by atoms with Crippen LogP contribution >= 0.6 is 11.3 Å². The average Bonchev–Trinajstić information content (AvgIpc) is 2.79. The number of anilines is 1. The van der Waals surface area contributed by atoms with Crippen molar-refractivity contribution in [2.75, 3.05) is 19.5 Å². The number of rotatable bonds is 4. The molecule has 0 atom stereocenters. The van der Waals surface area contributed by atoms with Crippen molar-refractivity contribution in [2.45, 2.75) is 20.3 Å². The SMILES string of the molecule is CCc1cc(-c2nc(C)c(NC)s2)ccc1OC. The number of aromatic nitrogens is 1. The predicted molar refractivity (Wildman–Crippen MR) is 77.8 cm³/mol. The van der Waals surface area contributed by atoms with Crippen LogP contribution in [-0.4, -0.2) is 19.1 Å². The summed E-state index contributed by atoms with van der Waals surface area (Å²) in [6.45, 7) is 4.16. The highest BCUT2D eigenvalue weighted by molar-refractivity contribution is 7.19. The Morgan fingerprint density at radius 2 is 2.17 bits per heavy atom. The van der Waals surface area contributed by atoms with Gasteiger partial charge in [-0.05, 0) is 37.1 Å². The fourth-order valence-electron chi connectivity index (χ4n) is 1.94. The van der Waals surface area contributed by atoms with Gasteiger partial charge in [0, 0.05) is 12.6 Å². The lowest BCUT2D eigenvalue weighted by Crippen LogP contribution is -1.91. The van der Waals surface area contributed by atoms with Crippen LogP contribution in [0.3, 0.4) is 0 Å². The number of benzene rings is 1. The number of nitrogens with zero attached hydrogens (tertiary/aromatic N) is 1. The lowest BCUT2D eigenvalue weighted by Gasteiger charge is -2.07. The van der Waals surface area contributed by atoms with Crippen LogP contribution < -0.4 is 10.1 Å². The summed E-state index contributed by atoms with van der Waals surface area (Å²) < 4.78 is 5.35. The molecule has 1 aromatic heterocycles. The fraction of sp³-hybridized carbons (Fsp3) is 0.357. The van der Waals surface area contributed by atoms with E-state index in [1.54, 1.807) is 18.4 Å². The standard InChI is InChI=1S/C14H18N2OS/c1-5-10-8-11(6-7-12(10)17-4)14-16-9(2)13(15-3)18-14/h6-8,15H,5H2,1-4H3. The first-order valence-electron chi connectivity index (χ1n) is 6.02. The van der Waals surface area contributed by atoms with Crippen LogP contribution in [0.15, 0.2) is 18.2 Å². The molecule has 1 N–H and O–H groups in total. The molecule has 0 saturated carbocycles. The third-order valence-electron chi connectivity index (χ3n) is 2.93. The van der Waals surface area contributed by atoms with E-state index < -0.39 is 0 Å².